The lowest BCUT2D eigenvalue weighted by Gasteiger charge is -2.06. The standard InChI is InChI=1S/C19H15ClN4O2/c20-17-11-15(26-23-17)7-8-19(25)21-14-5-3-4-13(10-14)16-12-24-9-2-1-6-18(24)22-16/h1-6,9-12H,7-8H2,(H,21,25). The van der Waals surface area contributed by atoms with Crippen molar-refractivity contribution in [1.82, 2.24) is 14.5 Å². The summed E-state index contributed by atoms with van der Waals surface area (Å²) in [5, 5.41) is 6.78. The zero-order chi connectivity index (χ0) is 17.9. The predicted octanol–water partition coefficient (Wildman–Crippen LogP) is 4.21. The summed E-state index contributed by atoms with van der Waals surface area (Å²) in [6, 6.07) is 15.1. The first-order valence-electron chi connectivity index (χ1n) is 8.12. The molecule has 0 spiro atoms. The number of imidazole rings is 1. The number of nitrogens with one attached hydrogen (secondary N) is 1. The number of aromatic nitrogens is 3. The molecule has 0 aliphatic heterocycles. The Balaban J connectivity index is 1.46. The van der Waals surface area contributed by atoms with E-state index in [1.807, 2.05) is 59.3 Å². The Labute approximate surface area is 154 Å². The molecule has 130 valence electrons. The minimum atomic E-state index is -0.107. The van der Waals surface area contributed by atoms with Crippen LogP contribution in [0.2, 0.25) is 5.15 Å². The van der Waals surface area contributed by atoms with E-state index in [1.165, 1.54) is 0 Å². The Hall–Kier alpha value is -3.12. The lowest BCUT2D eigenvalue weighted by atomic mass is 10.1. The van der Waals surface area contributed by atoms with Crippen molar-refractivity contribution in [3.8, 4) is 11.3 Å². The molecule has 6 nitrogen and oxygen atoms in total. The van der Waals surface area contributed by atoms with E-state index in [9.17, 15) is 4.79 Å². The average Bonchev–Trinajstić information content (AvgIpc) is 3.26. The van der Waals surface area contributed by atoms with E-state index in [0.717, 1.165) is 22.6 Å². The third kappa shape index (κ3) is 3.60. The zero-order valence-corrected chi connectivity index (χ0v) is 14.5. The molecule has 0 radical (unpaired) electrons. The highest BCUT2D eigenvalue weighted by Crippen LogP contribution is 2.22. The predicted molar refractivity (Wildman–Crippen MR) is 99.1 cm³/mol. The number of pyridine rings is 1. The molecule has 3 aromatic heterocycles. The molecular weight excluding hydrogens is 352 g/mol. The zero-order valence-electron chi connectivity index (χ0n) is 13.7. The molecule has 0 unspecified atom stereocenters. The van der Waals surface area contributed by atoms with Crippen LogP contribution >= 0.6 is 11.6 Å². The Morgan fingerprint density at radius 3 is 2.92 bits per heavy atom. The third-order valence-corrected chi connectivity index (χ3v) is 4.11. The van der Waals surface area contributed by atoms with Gasteiger partial charge in [-0.2, -0.15) is 0 Å². The van der Waals surface area contributed by atoms with Gasteiger partial charge in [-0.25, -0.2) is 4.98 Å². The quantitative estimate of drug-likeness (QED) is 0.574. The van der Waals surface area contributed by atoms with Gasteiger partial charge in [0.15, 0.2) is 5.15 Å². The maximum atomic E-state index is 12.2. The molecule has 0 saturated heterocycles. The second-order valence-corrected chi connectivity index (χ2v) is 6.22. The summed E-state index contributed by atoms with van der Waals surface area (Å²) in [4.78, 5) is 16.8. The molecule has 0 fully saturated rings. The number of benzene rings is 1. The van der Waals surface area contributed by atoms with Gasteiger partial charge in [-0.3, -0.25) is 4.79 Å². The van der Waals surface area contributed by atoms with Crippen molar-refractivity contribution < 1.29 is 9.32 Å². The molecule has 1 N–H and O–H groups in total. The molecule has 3 heterocycles. The Morgan fingerprint density at radius 2 is 2.12 bits per heavy atom. The van der Waals surface area contributed by atoms with E-state index >= 15 is 0 Å². The number of amides is 1. The molecule has 7 heteroatoms. The molecule has 0 bridgehead atoms. The van der Waals surface area contributed by atoms with E-state index in [-0.39, 0.29) is 12.3 Å². The van der Waals surface area contributed by atoms with Crippen LogP contribution in [0.25, 0.3) is 16.9 Å². The van der Waals surface area contributed by atoms with Crippen molar-refractivity contribution in [3.63, 3.8) is 0 Å². The molecule has 0 saturated carbocycles. The first-order valence-corrected chi connectivity index (χ1v) is 8.50. The number of fused-ring (bicyclic) bond motifs is 1. The fourth-order valence-corrected chi connectivity index (χ4v) is 2.85. The number of hydrogen-bond donors (Lipinski definition) is 1. The van der Waals surface area contributed by atoms with Crippen LogP contribution in [-0.2, 0) is 11.2 Å². The smallest absolute Gasteiger partial charge is 0.224 e. The second-order valence-electron chi connectivity index (χ2n) is 5.84. The fraction of sp³-hybridized carbons (Fsp3) is 0.105. The van der Waals surface area contributed by atoms with Gasteiger partial charge >= 0.3 is 0 Å². The molecule has 26 heavy (non-hydrogen) atoms. The topological polar surface area (TPSA) is 72.4 Å². The Kier molecular flexibility index (Phi) is 4.41. The van der Waals surface area contributed by atoms with Crippen LogP contribution in [0, 0.1) is 0 Å². The van der Waals surface area contributed by atoms with Crippen molar-refractivity contribution >= 4 is 28.8 Å². The second kappa shape index (κ2) is 7.01. The maximum absolute atomic E-state index is 12.2. The number of hydrogen-bond acceptors (Lipinski definition) is 4. The molecule has 4 aromatic rings. The van der Waals surface area contributed by atoms with Crippen LogP contribution in [0.3, 0.4) is 0 Å². The number of nitrogens with zero attached hydrogens (tertiary/aromatic N) is 3. The highest BCUT2D eigenvalue weighted by Gasteiger charge is 2.09. The normalized spacial score (nSPS) is 11.0. The summed E-state index contributed by atoms with van der Waals surface area (Å²) in [5.41, 5.74) is 3.39. The molecule has 0 aliphatic rings. The Morgan fingerprint density at radius 1 is 1.19 bits per heavy atom. The van der Waals surface area contributed by atoms with Gasteiger partial charge in [-0.05, 0) is 24.3 Å². The maximum Gasteiger partial charge on any atom is 0.224 e. The molecule has 0 aliphatic carbocycles. The molecular formula is C19H15ClN4O2. The summed E-state index contributed by atoms with van der Waals surface area (Å²) < 4.78 is 6.96. The number of carbonyl (C=O) groups excluding carboxylic acids is 1. The molecule has 4 rings (SSSR count). The first-order chi connectivity index (χ1) is 12.7. The minimum Gasteiger partial charge on any atom is -0.360 e. The van der Waals surface area contributed by atoms with Crippen molar-refractivity contribution in [1.29, 1.82) is 0 Å². The van der Waals surface area contributed by atoms with Gasteiger partial charge in [0.05, 0.1) is 5.69 Å². The largest absolute Gasteiger partial charge is 0.360 e. The van der Waals surface area contributed by atoms with Gasteiger partial charge in [-0.15, -0.1) is 0 Å². The van der Waals surface area contributed by atoms with Gasteiger partial charge in [-0.1, -0.05) is 35.0 Å². The SMILES string of the molecule is O=C(CCc1cc(Cl)no1)Nc1cccc(-c2cn3ccccc3n2)c1. The molecule has 1 amide bonds. The number of carbonyl (C=O) groups is 1. The number of halogens is 1. The lowest BCUT2D eigenvalue weighted by molar-refractivity contribution is -0.116. The van der Waals surface area contributed by atoms with E-state index in [4.69, 9.17) is 16.1 Å². The fourth-order valence-electron chi connectivity index (χ4n) is 2.70. The number of rotatable bonds is 5. The first kappa shape index (κ1) is 16.4. The summed E-state index contributed by atoms with van der Waals surface area (Å²) in [6.45, 7) is 0. The highest BCUT2D eigenvalue weighted by atomic mass is 35.5. The molecule has 1 aromatic carbocycles. The van der Waals surface area contributed by atoms with E-state index in [2.05, 4.69) is 15.5 Å². The van der Waals surface area contributed by atoms with Crippen LogP contribution < -0.4 is 5.32 Å². The summed E-state index contributed by atoms with van der Waals surface area (Å²) in [6.07, 6.45) is 4.64. The minimum absolute atomic E-state index is 0.107. The van der Waals surface area contributed by atoms with E-state index in [0.29, 0.717) is 17.3 Å². The monoisotopic (exact) mass is 366 g/mol. The summed E-state index contributed by atoms with van der Waals surface area (Å²) >= 11 is 5.70. The van der Waals surface area contributed by atoms with Crippen molar-refractivity contribution in [3.05, 3.63) is 71.8 Å². The Bertz CT molecular complexity index is 1040. The van der Waals surface area contributed by atoms with Crippen LogP contribution in [0.1, 0.15) is 12.2 Å². The van der Waals surface area contributed by atoms with Gasteiger partial charge in [0, 0.05) is 42.6 Å². The van der Waals surface area contributed by atoms with Crippen LogP contribution in [0.15, 0.2) is 65.4 Å². The van der Waals surface area contributed by atoms with Crippen LogP contribution in [0.5, 0.6) is 0 Å². The highest BCUT2D eigenvalue weighted by molar-refractivity contribution is 6.29. The van der Waals surface area contributed by atoms with Crippen LogP contribution in [0.4, 0.5) is 5.69 Å². The lowest BCUT2D eigenvalue weighted by Crippen LogP contribution is -2.12. The van der Waals surface area contributed by atoms with Crippen molar-refractivity contribution in [2.24, 2.45) is 0 Å². The van der Waals surface area contributed by atoms with Crippen molar-refractivity contribution in [2.45, 2.75) is 12.8 Å². The van der Waals surface area contributed by atoms with Gasteiger partial charge < -0.3 is 14.2 Å². The number of aryl methyl sites for hydroxylation is 1. The van der Waals surface area contributed by atoms with Gasteiger partial charge in [0.25, 0.3) is 0 Å². The summed E-state index contributed by atoms with van der Waals surface area (Å²) in [5.74, 6) is 0.480. The van der Waals surface area contributed by atoms with Gasteiger partial charge in [0.2, 0.25) is 5.91 Å². The summed E-state index contributed by atoms with van der Waals surface area (Å²) in [7, 11) is 0. The van der Waals surface area contributed by atoms with Gasteiger partial charge in [0.1, 0.15) is 11.4 Å². The van der Waals surface area contributed by atoms with E-state index in [1.54, 1.807) is 6.07 Å². The van der Waals surface area contributed by atoms with E-state index < -0.39 is 0 Å². The molecule has 0 atom stereocenters. The third-order valence-electron chi connectivity index (χ3n) is 3.93. The number of anilines is 1. The van der Waals surface area contributed by atoms with Crippen molar-refractivity contribution in [2.75, 3.05) is 5.32 Å². The van der Waals surface area contributed by atoms with Crippen LogP contribution in [-0.4, -0.2) is 20.4 Å². The average molecular weight is 367 g/mol.